The van der Waals surface area contributed by atoms with Crippen molar-refractivity contribution in [3.8, 4) is 33.4 Å². The van der Waals surface area contributed by atoms with Gasteiger partial charge in [0.05, 0.1) is 15.8 Å². The molecule has 0 atom stereocenters. The Morgan fingerprint density at radius 2 is 1.03 bits per heavy atom. The highest BCUT2D eigenvalue weighted by Crippen LogP contribution is 2.60. The Balaban J connectivity index is 0.986. The molecule has 0 bridgehead atoms. The number of thiophene rings is 1. The summed E-state index contributed by atoms with van der Waals surface area (Å²) in [6.07, 6.45) is 6.89. The van der Waals surface area contributed by atoms with Crippen LogP contribution in [0.5, 0.6) is 0 Å². The van der Waals surface area contributed by atoms with Gasteiger partial charge < -0.3 is 4.90 Å². The third kappa shape index (κ3) is 5.71. The van der Waals surface area contributed by atoms with Gasteiger partial charge in [0.2, 0.25) is 0 Å². The summed E-state index contributed by atoms with van der Waals surface area (Å²) in [5, 5.41) is 2.60. The number of anilines is 3. The van der Waals surface area contributed by atoms with Crippen molar-refractivity contribution in [2.24, 2.45) is 0 Å². The highest BCUT2D eigenvalue weighted by Gasteiger charge is 2.48. The Morgan fingerprint density at radius 1 is 0.455 bits per heavy atom. The first kappa shape index (κ1) is 38.9. The van der Waals surface area contributed by atoms with Crippen LogP contribution in [0.4, 0.5) is 17.1 Å². The van der Waals surface area contributed by atoms with Gasteiger partial charge in [0.25, 0.3) is 0 Å². The molecule has 1 aromatic heterocycles. The highest BCUT2D eigenvalue weighted by atomic mass is 32.1. The normalized spacial score (nSPS) is 15.1. The van der Waals surface area contributed by atoms with Crippen molar-refractivity contribution in [3.63, 3.8) is 0 Å². The van der Waals surface area contributed by atoms with Gasteiger partial charge >= 0.3 is 0 Å². The maximum atomic E-state index is 2.47. The SMILES string of the molecule is CC1(C)c2ccccc2-c2ccc(-c3ccc(N(c4ccc(-c5ccccc5)cc4)c4cccc5c4sc4c6c(ccc45)C(c4ccccc4)(c4ccccc4)C4=C6C=CCC4)cc3)cc21. The Hall–Kier alpha value is -7.52. The molecular formula is C64H47NS. The number of hydrogen-bond acceptors (Lipinski definition) is 2. The van der Waals surface area contributed by atoms with Crippen molar-refractivity contribution in [2.45, 2.75) is 37.5 Å². The lowest BCUT2D eigenvalue weighted by atomic mass is 9.65. The van der Waals surface area contributed by atoms with Gasteiger partial charge in [0, 0.05) is 37.8 Å². The first-order valence-electron chi connectivity index (χ1n) is 23.3. The number of nitrogens with zero attached hydrogens (tertiary/aromatic N) is 1. The summed E-state index contributed by atoms with van der Waals surface area (Å²) < 4.78 is 2.65. The van der Waals surface area contributed by atoms with Gasteiger partial charge in [-0.3, -0.25) is 0 Å². The van der Waals surface area contributed by atoms with Gasteiger partial charge in [0.1, 0.15) is 0 Å². The molecule has 66 heavy (non-hydrogen) atoms. The van der Waals surface area contributed by atoms with Crippen LogP contribution < -0.4 is 4.90 Å². The second kappa shape index (κ2) is 15.0. The lowest BCUT2D eigenvalue weighted by Gasteiger charge is -2.36. The molecule has 1 heterocycles. The Morgan fingerprint density at radius 3 is 1.73 bits per heavy atom. The van der Waals surface area contributed by atoms with Crippen molar-refractivity contribution in [1.29, 1.82) is 0 Å². The van der Waals surface area contributed by atoms with E-state index in [1.54, 1.807) is 0 Å². The molecular weight excluding hydrogens is 815 g/mol. The fraction of sp³-hybridized carbons (Fsp3) is 0.0938. The van der Waals surface area contributed by atoms with Crippen LogP contribution in [-0.4, -0.2) is 0 Å². The number of fused-ring (bicyclic) bond motifs is 9. The van der Waals surface area contributed by atoms with Crippen LogP contribution in [0.3, 0.4) is 0 Å². The summed E-state index contributed by atoms with van der Waals surface area (Å²) in [7, 11) is 0. The first-order valence-corrected chi connectivity index (χ1v) is 24.1. The largest absolute Gasteiger partial charge is 0.309 e. The van der Waals surface area contributed by atoms with E-state index in [9.17, 15) is 0 Å². The van der Waals surface area contributed by atoms with Crippen molar-refractivity contribution in [1.82, 2.24) is 0 Å². The predicted molar refractivity (Wildman–Crippen MR) is 281 cm³/mol. The minimum absolute atomic E-state index is 0.0520. The van der Waals surface area contributed by atoms with Crippen molar-refractivity contribution < 1.29 is 0 Å². The molecule has 2 heteroatoms. The zero-order valence-corrected chi connectivity index (χ0v) is 37.9. The van der Waals surface area contributed by atoms with Crippen LogP contribution in [-0.2, 0) is 10.8 Å². The summed E-state index contributed by atoms with van der Waals surface area (Å²) in [6, 6.07) is 79.3. The fourth-order valence-corrected chi connectivity index (χ4v) is 13.2. The minimum Gasteiger partial charge on any atom is -0.309 e. The highest BCUT2D eigenvalue weighted by molar-refractivity contribution is 7.26. The molecule has 0 spiro atoms. The quantitative estimate of drug-likeness (QED) is 0.154. The molecule has 0 saturated carbocycles. The van der Waals surface area contributed by atoms with E-state index in [2.05, 4.69) is 243 Å². The average molecular weight is 862 g/mol. The predicted octanol–water partition coefficient (Wildman–Crippen LogP) is 17.6. The molecule has 0 amide bonds. The molecule has 3 aliphatic carbocycles. The van der Waals surface area contributed by atoms with E-state index in [1.807, 2.05) is 11.3 Å². The topological polar surface area (TPSA) is 3.24 Å². The summed E-state index contributed by atoms with van der Waals surface area (Å²) in [4.78, 5) is 2.47. The summed E-state index contributed by atoms with van der Waals surface area (Å²) >= 11 is 1.95. The van der Waals surface area contributed by atoms with Crippen molar-refractivity contribution in [2.75, 3.05) is 4.90 Å². The van der Waals surface area contributed by atoms with Gasteiger partial charge in [-0.2, -0.15) is 0 Å². The second-order valence-corrected chi connectivity index (χ2v) is 19.7. The third-order valence-electron chi connectivity index (χ3n) is 14.9. The van der Waals surface area contributed by atoms with E-state index in [-0.39, 0.29) is 10.8 Å². The van der Waals surface area contributed by atoms with Gasteiger partial charge in [-0.1, -0.05) is 202 Å². The molecule has 314 valence electrons. The maximum Gasteiger partial charge on any atom is 0.0677 e. The van der Waals surface area contributed by atoms with Crippen molar-refractivity contribution in [3.05, 3.63) is 263 Å². The smallest absolute Gasteiger partial charge is 0.0677 e. The molecule has 3 aliphatic rings. The molecule has 0 saturated heterocycles. The number of allylic oxidation sites excluding steroid dienone is 4. The van der Waals surface area contributed by atoms with E-state index >= 15 is 0 Å². The van der Waals surface area contributed by atoms with Gasteiger partial charge in [-0.15, -0.1) is 11.3 Å². The average Bonchev–Trinajstić information content (AvgIpc) is 3.99. The molecule has 1 nitrogen and oxygen atoms in total. The lowest BCUT2D eigenvalue weighted by Crippen LogP contribution is -2.30. The molecule has 13 rings (SSSR count). The summed E-state index contributed by atoms with van der Waals surface area (Å²) in [5.74, 6) is 0. The zero-order chi connectivity index (χ0) is 44.0. The molecule has 9 aromatic carbocycles. The Kier molecular flexibility index (Phi) is 8.85. The zero-order valence-electron chi connectivity index (χ0n) is 37.1. The van der Waals surface area contributed by atoms with Crippen molar-refractivity contribution >= 4 is 54.1 Å². The Labute approximate surface area is 391 Å². The van der Waals surface area contributed by atoms with Gasteiger partial charge in [0.15, 0.2) is 0 Å². The molecule has 0 unspecified atom stereocenters. The standard InChI is InChI=1S/C64H47NS/c1-63(2)55-26-14-12-23-50(55)51-38-33-45(41-58(51)63)44-31-36-49(37-32-44)65(48-34-29-43(30-35-48)42-17-6-3-7-18-42)59-28-16-25-52-53-39-40-57-60(62(53)66-61(52)59)54-24-13-15-27-56(54)64(57,46-19-8-4-9-20-46)47-21-10-5-11-22-47/h3-14,16-26,28-41H,15,27H2,1-2H3. The number of hydrogen-bond donors (Lipinski definition) is 0. The third-order valence-corrected chi connectivity index (χ3v) is 16.1. The van der Waals surface area contributed by atoms with Crippen LogP contribution in [0.25, 0.3) is 59.1 Å². The van der Waals surface area contributed by atoms with E-state index in [0.29, 0.717) is 0 Å². The van der Waals surface area contributed by atoms with Crippen LogP contribution >= 0.6 is 11.3 Å². The first-order chi connectivity index (χ1) is 32.5. The number of rotatable bonds is 7. The van der Waals surface area contributed by atoms with Crippen LogP contribution in [0.15, 0.2) is 230 Å². The Bertz CT molecular complexity index is 3530. The van der Waals surface area contributed by atoms with E-state index in [4.69, 9.17) is 0 Å². The van der Waals surface area contributed by atoms with E-state index in [1.165, 1.54) is 104 Å². The van der Waals surface area contributed by atoms with Crippen LogP contribution in [0.1, 0.15) is 60.1 Å². The van der Waals surface area contributed by atoms with Gasteiger partial charge in [-0.05, 0) is 122 Å². The fourth-order valence-electron chi connectivity index (χ4n) is 11.8. The molecule has 0 aliphatic heterocycles. The van der Waals surface area contributed by atoms with E-state index < -0.39 is 0 Å². The molecule has 0 N–H and O–H groups in total. The summed E-state index contributed by atoms with van der Waals surface area (Å²) in [5.41, 5.74) is 21.8. The maximum absolute atomic E-state index is 2.47. The summed E-state index contributed by atoms with van der Waals surface area (Å²) in [6.45, 7) is 4.72. The molecule has 10 aromatic rings. The van der Waals surface area contributed by atoms with Crippen LogP contribution in [0, 0.1) is 0 Å². The monoisotopic (exact) mass is 861 g/mol. The van der Waals surface area contributed by atoms with Crippen LogP contribution in [0.2, 0.25) is 0 Å². The molecule has 0 fully saturated rings. The van der Waals surface area contributed by atoms with E-state index in [0.717, 1.165) is 24.2 Å². The molecule has 0 radical (unpaired) electrons. The number of benzene rings is 9. The van der Waals surface area contributed by atoms with Gasteiger partial charge in [-0.25, -0.2) is 0 Å². The second-order valence-electron chi connectivity index (χ2n) is 18.7. The minimum atomic E-state index is -0.363. The lowest BCUT2D eigenvalue weighted by molar-refractivity contribution is 0.660.